The van der Waals surface area contributed by atoms with Gasteiger partial charge in [0.15, 0.2) is 16.7 Å². The molecule has 662 valence electrons. The molecule has 24 aromatic carbocycles. The fourth-order valence-corrected chi connectivity index (χ4v) is 22.6. The smallest absolute Gasteiger partial charge is 0.246 e. The Morgan fingerprint density at radius 3 is 1.03 bits per heavy atom. The van der Waals surface area contributed by atoms with E-state index in [-0.39, 0.29) is 0 Å². The molecule has 0 bridgehead atoms. The number of fused-ring (bicyclic) bond motifs is 29. The minimum atomic E-state index is 0.531. The number of pyridine rings is 3. The molecule has 143 heavy (non-hydrogen) atoms. The van der Waals surface area contributed by atoms with Gasteiger partial charge in [-0.2, -0.15) is 0 Å². The Morgan fingerprint density at radius 2 is 0.497 bits per heavy atom. The standard InChI is InChI=1S/C46H26N2O.2C44H26N2O/c1-2-9-32-30(8-1)24-31(26-40(32)35-20-21-38-34-11-4-3-10-33(34)36-12-7-13-37(35)44(36)38)29-18-16-27-15-17-28-19-22-41-45(43(28)39(27)25-29)49-46(48-41)42-14-5-6-23-47-42;1-2-11-34-27(8-1)17-20-33-26-37(35-12-3-4-13-36(35)41(33)34)32-10-7-9-30(24-32)31-19-16-28-15-18-29-21-22-39-43(42(29)38(28)25-31)47-44(46-39)40-14-5-6-23-45-40;1-2-11-33-27(8-1)19-21-36-34-12-3-4-13-35(34)37(26-39(33)36)32-10-7-9-30(24-32)31-18-16-28-15-17-29-20-22-40-43(42(29)38(28)25-31)47-44(46-40)41-14-5-6-23-45-41/h1-26H;2*1-26H. The van der Waals surface area contributed by atoms with Crippen LogP contribution in [0, 0.1) is 0 Å². The Balaban J connectivity index is 0.000000102. The molecule has 31 rings (SSSR count). The van der Waals surface area contributed by atoms with Crippen molar-refractivity contribution in [1.82, 2.24) is 29.9 Å². The molecule has 0 radical (unpaired) electrons. The maximum atomic E-state index is 6.47. The summed E-state index contributed by atoms with van der Waals surface area (Å²) in [5.41, 5.74) is 26.6. The van der Waals surface area contributed by atoms with Crippen molar-refractivity contribution in [2.45, 2.75) is 0 Å². The van der Waals surface area contributed by atoms with Crippen LogP contribution in [0.5, 0.6) is 0 Å². The summed E-state index contributed by atoms with van der Waals surface area (Å²) in [5, 5.41) is 33.8. The van der Waals surface area contributed by atoms with E-state index >= 15 is 0 Å². The molecular formula is C134H78N6O3. The summed E-state index contributed by atoms with van der Waals surface area (Å²) in [6.45, 7) is 0. The van der Waals surface area contributed by atoms with E-state index in [4.69, 9.17) is 28.2 Å². The first kappa shape index (κ1) is 81.0. The first-order valence-corrected chi connectivity index (χ1v) is 48.4. The van der Waals surface area contributed by atoms with E-state index in [1.165, 1.54) is 159 Å². The largest absolute Gasteiger partial charge is 0.434 e. The van der Waals surface area contributed by atoms with Crippen LogP contribution in [0.1, 0.15) is 0 Å². The Labute approximate surface area is 818 Å². The molecule has 6 heterocycles. The zero-order valence-electron chi connectivity index (χ0n) is 76.9. The first-order valence-electron chi connectivity index (χ1n) is 48.4. The minimum absolute atomic E-state index is 0.531. The molecule has 0 aliphatic heterocycles. The highest BCUT2D eigenvalue weighted by Gasteiger charge is 2.27. The van der Waals surface area contributed by atoms with Crippen molar-refractivity contribution in [2.24, 2.45) is 0 Å². The van der Waals surface area contributed by atoms with Gasteiger partial charge in [0, 0.05) is 34.7 Å². The van der Waals surface area contributed by atoms with Gasteiger partial charge < -0.3 is 13.3 Å². The lowest BCUT2D eigenvalue weighted by atomic mass is 9.88. The highest BCUT2D eigenvalue weighted by molar-refractivity contribution is 6.27. The molecule has 1 aliphatic carbocycles. The van der Waals surface area contributed by atoms with Gasteiger partial charge in [0.1, 0.15) is 33.6 Å². The summed E-state index contributed by atoms with van der Waals surface area (Å²) >= 11 is 0. The Kier molecular flexibility index (Phi) is 18.6. The van der Waals surface area contributed by atoms with Crippen LogP contribution in [0.3, 0.4) is 0 Å². The second kappa shape index (κ2) is 32.8. The van der Waals surface area contributed by atoms with E-state index in [9.17, 15) is 0 Å². The van der Waals surface area contributed by atoms with Gasteiger partial charge in [-0.15, -0.1) is 0 Å². The molecule has 30 aromatic rings. The number of rotatable bonds is 9. The highest BCUT2D eigenvalue weighted by atomic mass is 16.4. The second-order valence-corrected chi connectivity index (χ2v) is 37.3. The van der Waals surface area contributed by atoms with Crippen LogP contribution >= 0.6 is 0 Å². The molecule has 6 aromatic heterocycles. The zero-order chi connectivity index (χ0) is 93.8. The van der Waals surface area contributed by atoms with Gasteiger partial charge in [-0.1, -0.05) is 346 Å². The molecule has 9 nitrogen and oxygen atoms in total. The molecule has 0 unspecified atom stereocenters. The van der Waals surface area contributed by atoms with Crippen molar-refractivity contribution in [2.75, 3.05) is 0 Å². The van der Waals surface area contributed by atoms with Crippen molar-refractivity contribution < 1.29 is 13.3 Å². The monoisotopic (exact) mass is 1820 g/mol. The molecule has 0 spiro atoms. The van der Waals surface area contributed by atoms with Crippen molar-refractivity contribution in [3.63, 3.8) is 0 Å². The third-order valence-corrected chi connectivity index (χ3v) is 29.3. The molecule has 1 aliphatic rings. The van der Waals surface area contributed by atoms with Gasteiger partial charge >= 0.3 is 0 Å². The molecular weight excluding hydrogens is 1740 g/mol. The molecule has 0 amide bonds. The third-order valence-electron chi connectivity index (χ3n) is 29.3. The van der Waals surface area contributed by atoms with Crippen molar-refractivity contribution in [3.8, 4) is 124 Å². The number of aromatic nitrogens is 6. The van der Waals surface area contributed by atoms with Gasteiger partial charge in [0.25, 0.3) is 0 Å². The van der Waals surface area contributed by atoms with Gasteiger partial charge in [-0.05, 0) is 333 Å². The number of oxazole rings is 3. The number of hydrogen-bond donors (Lipinski definition) is 0. The van der Waals surface area contributed by atoms with Crippen LogP contribution in [0.15, 0.2) is 487 Å². The van der Waals surface area contributed by atoms with Crippen LogP contribution < -0.4 is 0 Å². The average molecular weight is 1820 g/mol. The summed E-state index contributed by atoms with van der Waals surface area (Å²) in [6, 6.07) is 163. The summed E-state index contributed by atoms with van der Waals surface area (Å²) in [4.78, 5) is 27.8. The lowest BCUT2D eigenvalue weighted by molar-refractivity contribution is 0.619. The number of nitrogens with zero attached hydrogens (tertiary/aromatic N) is 6. The lowest BCUT2D eigenvalue weighted by Gasteiger charge is -2.15. The lowest BCUT2D eigenvalue weighted by Crippen LogP contribution is -1.88. The van der Waals surface area contributed by atoms with Gasteiger partial charge in [0.2, 0.25) is 17.7 Å². The van der Waals surface area contributed by atoms with Gasteiger partial charge in [-0.25, -0.2) is 15.0 Å². The third kappa shape index (κ3) is 13.5. The van der Waals surface area contributed by atoms with E-state index < -0.39 is 0 Å². The van der Waals surface area contributed by atoms with E-state index in [0.717, 1.165) is 132 Å². The highest BCUT2D eigenvalue weighted by Crippen LogP contribution is 2.52. The summed E-state index contributed by atoms with van der Waals surface area (Å²) < 4.78 is 19.3. The fourth-order valence-electron chi connectivity index (χ4n) is 22.6. The maximum absolute atomic E-state index is 6.47. The van der Waals surface area contributed by atoms with Crippen molar-refractivity contribution in [3.05, 3.63) is 474 Å². The maximum Gasteiger partial charge on any atom is 0.246 e. The van der Waals surface area contributed by atoms with E-state index in [2.05, 4.69) is 397 Å². The van der Waals surface area contributed by atoms with Crippen molar-refractivity contribution >= 4 is 184 Å². The summed E-state index contributed by atoms with van der Waals surface area (Å²) in [5.74, 6) is 1.60. The minimum Gasteiger partial charge on any atom is -0.434 e. The predicted molar refractivity (Wildman–Crippen MR) is 594 cm³/mol. The molecule has 9 heteroatoms. The Hall–Kier alpha value is -19.2. The van der Waals surface area contributed by atoms with Crippen LogP contribution in [0.4, 0.5) is 0 Å². The second-order valence-electron chi connectivity index (χ2n) is 37.3. The topological polar surface area (TPSA) is 117 Å². The van der Waals surface area contributed by atoms with E-state index in [0.29, 0.717) is 17.7 Å². The van der Waals surface area contributed by atoms with Gasteiger partial charge in [-0.3, -0.25) is 15.0 Å². The normalized spacial score (nSPS) is 11.9. The molecule has 0 atom stereocenters. The van der Waals surface area contributed by atoms with Crippen LogP contribution in [-0.2, 0) is 0 Å². The molecule has 0 fully saturated rings. The van der Waals surface area contributed by atoms with Crippen LogP contribution in [0.2, 0.25) is 0 Å². The average Bonchev–Trinajstić information content (AvgIpc) is 1.59. The Morgan fingerprint density at radius 1 is 0.140 bits per heavy atom. The number of benzene rings is 24. The summed E-state index contributed by atoms with van der Waals surface area (Å²) in [7, 11) is 0. The molecule has 0 saturated heterocycles. The van der Waals surface area contributed by atoms with E-state index in [1.54, 1.807) is 18.6 Å². The van der Waals surface area contributed by atoms with Crippen LogP contribution in [0.25, 0.3) is 308 Å². The van der Waals surface area contributed by atoms with E-state index in [1.807, 2.05) is 72.8 Å². The predicted octanol–water partition coefficient (Wildman–Crippen LogP) is 36.5. The Bertz CT molecular complexity index is 10600. The van der Waals surface area contributed by atoms with Gasteiger partial charge in [0.05, 0.1) is 0 Å². The van der Waals surface area contributed by atoms with Crippen LogP contribution in [-0.4, -0.2) is 29.9 Å². The number of hydrogen-bond acceptors (Lipinski definition) is 9. The van der Waals surface area contributed by atoms with Crippen molar-refractivity contribution in [1.29, 1.82) is 0 Å². The zero-order valence-corrected chi connectivity index (χ0v) is 76.9. The molecule has 0 saturated carbocycles. The summed E-state index contributed by atoms with van der Waals surface area (Å²) in [6.07, 6.45) is 5.30. The fraction of sp³-hybridized carbons (Fsp3) is 0. The molecule has 0 N–H and O–H groups in total. The first-order chi connectivity index (χ1) is 70.8. The quantitative estimate of drug-likeness (QED) is 0.130. The SMILES string of the molecule is c1ccc(-c2nc3ccc4ccc5ccc(-c6cc(-c7ccc8c9c(cccc79)-c7ccccc7-8)c7ccccc7c6)cc5c4c3o2)nc1.c1ccc(-c2nc3ccc4ccc5ccc(-c6cccc(-c7cc8c9ccccc9ccc8c8ccccc78)c6)cc5c4c3o2)nc1.c1ccc(-c2nc3ccc4ccc5ccc(-c6cccc(-c7cc8ccc9ccccc9c8c8ccccc78)c6)cc5c4c3o2)nc1.